The molecule has 0 aliphatic rings. The summed E-state index contributed by atoms with van der Waals surface area (Å²) in [6.45, 7) is 15.2. The second-order valence-electron chi connectivity index (χ2n) is 8.92. The van der Waals surface area contributed by atoms with E-state index in [0.29, 0.717) is 0 Å². The summed E-state index contributed by atoms with van der Waals surface area (Å²) in [5.41, 5.74) is 5.19. The van der Waals surface area contributed by atoms with Crippen molar-refractivity contribution in [2.24, 2.45) is 10.2 Å². The Morgan fingerprint density at radius 1 is 0.846 bits per heavy atom. The molecule has 0 spiro atoms. The minimum atomic E-state index is -0.108. The second kappa shape index (κ2) is 6.35. The zero-order valence-electron chi connectivity index (χ0n) is 16.8. The van der Waals surface area contributed by atoms with Gasteiger partial charge in [-0.15, -0.1) is 10.2 Å². The molecule has 4 nitrogen and oxygen atoms in total. The largest absolute Gasteiger partial charge is 0.283 e. The van der Waals surface area contributed by atoms with Crippen LogP contribution in [0.25, 0.3) is 5.65 Å². The van der Waals surface area contributed by atoms with Gasteiger partial charge in [-0.05, 0) is 41.7 Å². The number of benzene rings is 1. The highest BCUT2D eigenvalue weighted by atomic mass is 15.2. The van der Waals surface area contributed by atoms with Gasteiger partial charge >= 0.3 is 0 Å². The third-order valence-corrected chi connectivity index (χ3v) is 4.52. The summed E-state index contributed by atoms with van der Waals surface area (Å²) >= 11 is 0. The van der Waals surface area contributed by atoms with E-state index in [-0.39, 0.29) is 10.8 Å². The first kappa shape index (κ1) is 18.3. The van der Waals surface area contributed by atoms with Crippen molar-refractivity contribution in [2.75, 3.05) is 0 Å². The van der Waals surface area contributed by atoms with Gasteiger partial charge in [-0.2, -0.15) is 0 Å². The Morgan fingerprint density at radius 2 is 1.50 bits per heavy atom. The summed E-state index contributed by atoms with van der Waals surface area (Å²) in [5, 5.41) is 9.08. The second-order valence-corrected chi connectivity index (χ2v) is 8.92. The molecule has 0 aliphatic carbocycles. The van der Waals surface area contributed by atoms with Gasteiger partial charge in [-0.3, -0.25) is 4.40 Å². The van der Waals surface area contributed by atoms with Gasteiger partial charge in [0.25, 0.3) is 0 Å². The van der Waals surface area contributed by atoms with Gasteiger partial charge in [-0.25, -0.2) is 4.98 Å². The molecule has 0 fully saturated rings. The topological polar surface area (TPSA) is 42.0 Å². The fraction of sp³-hybridized carbons (Fsp3) is 0.409. The Bertz CT molecular complexity index is 949. The van der Waals surface area contributed by atoms with E-state index in [2.05, 4.69) is 76.9 Å². The van der Waals surface area contributed by atoms with Crippen LogP contribution in [0.15, 0.2) is 52.8 Å². The SMILES string of the molecule is Cc1cccn2c(N=Nc3ccc(C(C)(C)C)cc3)c(C(C)(C)C)nc12. The average molecular weight is 348 g/mol. The van der Waals surface area contributed by atoms with Crippen molar-refractivity contribution >= 4 is 17.2 Å². The first-order chi connectivity index (χ1) is 12.1. The van der Waals surface area contributed by atoms with Crippen LogP contribution in [-0.4, -0.2) is 9.38 Å². The van der Waals surface area contributed by atoms with Crippen molar-refractivity contribution in [3.05, 3.63) is 59.4 Å². The summed E-state index contributed by atoms with van der Waals surface area (Å²) < 4.78 is 2.03. The first-order valence-electron chi connectivity index (χ1n) is 9.08. The Labute approximate surface area is 156 Å². The van der Waals surface area contributed by atoms with Crippen molar-refractivity contribution in [2.45, 2.75) is 59.3 Å². The quantitative estimate of drug-likeness (QED) is 0.478. The van der Waals surface area contributed by atoms with E-state index in [0.717, 1.165) is 28.4 Å². The molecule has 136 valence electrons. The Balaban J connectivity index is 2.05. The maximum Gasteiger partial charge on any atom is 0.183 e. The van der Waals surface area contributed by atoms with Crippen LogP contribution in [0.3, 0.4) is 0 Å². The predicted molar refractivity (Wildman–Crippen MR) is 108 cm³/mol. The van der Waals surface area contributed by atoms with Gasteiger partial charge in [0, 0.05) is 11.6 Å². The van der Waals surface area contributed by atoms with Crippen molar-refractivity contribution in [1.82, 2.24) is 9.38 Å². The van der Waals surface area contributed by atoms with Crippen molar-refractivity contribution in [3.8, 4) is 0 Å². The molecule has 3 rings (SSSR count). The van der Waals surface area contributed by atoms with Crippen LogP contribution >= 0.6 is 0 Å². The summed E-state index contributed by atoms with van der Waals surface area (Å²) in [5.74, 6) is 0.802. The molecule has 1 aromatic carbocycles. The zero-order valence-corrected chi connectivity index (χ0v) is 16.8. The fourth-order valence-electron chi connectivity index (χ4n) is 2.92. The van der Waals surface area contributed by atoms with Crippen LogP contribution in [0.4, 0.5) is 11.5 Å². The van der Waals surface area contributed by atoms with Crippen LogP contribution in [0.5, 0.6) is 0 Å². The highest BCUT2D eigenvalue weighted by Crippen LogP contribution is 2.34. The lowest BCUT2D eigenvalue weighted by Gasteiger charge is -2.18. The van der Waals surface area contributed by atoms with E-state index in [1.807, 2.05) is 28.8 Å². The van der Waals surface area contributed by atoms with Gasteiger partial charge < -0.3 is 0 Å². The summed E-state index contributed by atoms with van der Waals surface area (Å²) in [7, 11) is 0. The van der Waals surface area contributed by atoms with E-state index in [1.165, 1.54) is 5.56 Å². The number of fused-ring (bicyclic) bond motifs is 1. The average Bonchev–Trinajstić information content (AvgIpc) is 2.93. The summed E-state index contributed by atoms with van der Waals surface area (Å²) in [4.78, 5) is 4.85. The molecule has 4 heteroatoms. The van der Waals surface area contributed by atoms with Crippen molar-refractivity contribution in [1.29, 1.82) is 0 Å². The molecule has 0 saturated heterocycles. The summed E-state index contributed by atoms with van der Waals surface area (Å²) in [6, 6.07) is 12.4. The van der Waals surface area contributed by atoms with Crippen LogP contribution in [0.1, 0.15) is 58.4 Å². The predicted octanol–water partition coefficient (Wildman–Crippen LogP) is 6.65. The molecule has 2 heterocycles. The number of nitrogens with zero attached hydrogens (tertiary/aromatic N) is 4. The van der Waals surface area contributed by atoms with Crippen LogP contribution in [0.2, 0.25) is 0 Å². The lowest BCUT2D eigenvalue weighted by Crippen LogP contribution is -2.11. The van der Waals surface area contributed by atoms with Gasteiger partial charge in [0.1, 0.15) is 5.65 Å². The molecule has 0 aliphatic heterocycles. The smallest absolute Gasteiger partial charge is 0.183 e. The normalized spacial score (nSPS) is 13.0. The number of pyridine rings is 1. The number of aromatic nitrogens is 2. The molecule has 0 saturated carbocycles. The highest BCUT2D eigenvalue weighted by Gasteiger charge is 2.24. The summed E-state index contributed by atoms with van der Waals surface area (Å²) in [6.07, 6.45) is 2.00. The lowest BCUT2D eigenvalue weighted by atomic mass is 9.87. The molecule has 0 amide bonds. The molecule has 0 unspecified atom stereocenters. The van der Waals surface area contributed by atoms with E-state index in [4.69, 9.17) is 4.98 Å². The number of aryl methyl sites for hydroxylation is 1. The molecule has 0 atom stereocenters. The van der Waals surface area contributed by atoms with E-state index >= 15 is 0 Å². The first-order valence-corrected chi connectivity index (χ1v) is 9.08. The van der Waals surface area contributed by atoms with Crippen molar-refractivity contribution in [3.63, 3.8) is 0 Å². The van der Waals surface area contributed by atoms with Crippen molar-refractivity contribution < 1.29 is 0 Å². The van der Waals surface area contributed by atoms with Gasteiger partial charge in [0.2, 0.25) is 0 Å². The minimum Gasteiger partial charge on any atom is -0.283 e. The molecular weight excluding hydrogens is 320 g/mol. The highest BCUT2D eigenvalue weighted by molar-refractivity contribution is 5.58. The number of rotatable bonds is 2. The Morgan fingerprint density at radius 3 is 2.08 bits per heavy atom. The number of imidazole rings is 1. The fourth-order valence-corrected chi connectivity index (χ4v) is 2.92. The molecule has 26 heavy (non-hydrogen) atoms. The maximum absolute atomic E-state index is 4.85. The third kappa shape index (κ3) is 3.55. The van der Waals surface area contributed by atoms with E-state index in [9.17, 15) is 0 Å². The molecule has 0 N–H and O–H groups in total. The van der Waals surface area contributed by atoms with Crippen LogP contribution in [0, 0.1) is 6.92 Å². The Hall–Kier alpha value is -2.49. The monoisotopic (exact) mass is 348 g/mol. The van der Waals surface area contributed by atoms with E-state index < -0.39 is 0 Å². The molecule has 3 aromatic rings. The van der Waals surface area contributed by atoms with E-state index in [1.54, 1.807) is 0 Å². The lowest BCUT2D eigenvalue weighted by molar-refractivity contribution is 0.573. The van der Waals surface area contributed by atoms with Gasteiger partial charge in [-0.1, -0.05) is 59.7 Å². The molecule has 2 aromatic heterocycles. The standard InChI is InChI=1S/C22H28N4/c1-15-9-8-14-26-19(15)23-18(22(5,6)7)20(26)25-24-17-12-10-16(11-13-17)21(2,3)4/h8-14H,1-7H3. The zero-order chi connectivity index (χ0) is 19.1. The maximum atomic E-state index is 4.85. The molecule has 0 radical (unpaired) electrons. The van der Waals surface area contributed by atoms with Gasteiger partial charge in [0.15, 0.2) is 5.82 Å². The number of hydrogen-bond donors (Lipinski definition) is 0. The Kier molecular flexibility index (Phi) is 4.47. The van der Waals surface area contributed by atoms with Gasteiger partial charge in [0.05, 0.1) is 11.4 Å². The minimum absolute atomic E-state index is 0.108. The molecular formula is C22H28N4. The molecule has 0 bridgehead atoms. The number of hydrogen-bond acceptors (Lipinski definition) is 3. The number of azo groups is 1. The third-order valence-electron chi connectivity index (χ3n) is 4.52. The van der Waals surface area contributed by atoms with Crippen LogP contribution < -0.4 is 0 Å². The van der Waals surface area contributed by atoms with Crippen LogP contribution in [-0.2, 0) is 10.8 Å².